The van der Waals surface area contributed by atoms with Gasteiger partial charge in [-0.1, -0.05) is 5.16 Å². The number of halogens is 1. The SMILES string of the molecule is N/C(=N/O)c1nc(Oc2cncc(Br)c2)ccc1[N+](=O)[O-]. The highest BCUT2D eigenvalue weighted by Gasteiger charge is 2.20. The van der Waals surface area contributed by atoms with Crippen LogP contribution in [0.2, 0.25) is 0 Å². The molecule has 21 heavy (non-hydrogen) atoms. The van der Waals surface area contributed by atoms with Gasteiger partial charge in [-0.3, -0.25) is 15.1 Å². The normalized spacial score (nSPS) is 11.2. The topological polar surface area (TPSA) is 137 Å². The summed E-state index contributed by atoms with van der Waals surface area (Å²) in [6, 6.07) is 4.09. The lowest BCUT2D eigenvalue weighted by Gasteiger charge is -2.06. The van der Waals surface area contributed by atoms with Gasteiger partial charge in [0.05, 0.1) is 11.1 Å². The Kier molecular flexibility index (Phi) is 4.28. The van der Waals surface area contributed by atoms with Gasteiger partial charge in [-0.2, -0.15) is 0 Å². The maximum Gasteiger partial charge on any atom is 0.299 e. The van der Waals surface area contributed by atoms with E-state index in [2.05, 4.69) is 31.1 Å². The van der Waals surface area contributed by atoms with E-state index in [0.717, 1.165) is 6.07 Å². The van der Waals surface area contributed by atoms with Gasteiger partial charge in [0.2, 0.25) is 5.88 Å². The molecule has 10 heteroatoms. The number of pyridine rings is 2. The Labute approximate surface area is 126 Å². The van der Waals surface area contributed by atoms with Crippen molar-refractivity contribution in [1.82, 2.24) is 9.97 Å². The molecule has 0 aliphatic rings. The maximum absolute atomic E-state index is 10.9. The Balaban J connectivity index is 2.40. The summed E-state index contributed by atoms with van der Waals surface area (Å²) in [4.78, 5) is 18.0. The Morgan fingerprint density at radius 3 is 2.86 bits per heavy atom. The second-order valence-corrected chi connectivity index (χ2v) is 4.62. The van der Waals surface area contributed by atoms with Crippen LogP contribution < -0.4 is 10.5 Å². The van der Waals surface area contributed by atoms with Crippen LogP contribution in [0.1, 0.15) is 5.69 Å². The molecule has 0 saturated heterocycles. The number of aromatic nitrogens is 2. The molecule has 0 radical (unpaired) electrons. The molecular formula is C11H8BrN5O4. The molecule has 3 N–H and O–H groups in total. The molecule has 0 amide bonds. The van der Waals surface area contributed by atoms with E-state index in [1.165, 1.54) is 12.3 Å². The molecule has 0 unspecified atom stereocenters. The number of amidine groups is 1. The number of nitro groups is 1. The van der Waals surface area contributed by atoms with Crippen molar-refractivity contribution in [1.29, 1.82) is 0 Å². The Morgan fingerprint density at radius 2 is 2.24 bits per heavy atom. The molecule has 2 heterocycles. The fourth-order valence-electron chi connectivity index (χ4n) is 1.44. The summed E-state index contributed by atoms with van der Waals surface area (Å²) in [5.41, 5.74) is 4.69. The van der Waals surface area contributed by atoms with Gasteiger partial charge in [-0.15, -0.1) is 0 Å². The smallest absolute Gasteiger partial charge is 0.299 e. The van der Waals surface area contributed by atoms with Gasteiger partial charge in [0.1, 0.15) is 5.75 Å². The highest BCUT2D eigenvalue weighted by atomic mass is 79.9. The lowest BCUT2D eigenvalue weighted by atomic mass is 10.3. The molecule has 0 aliphatic heterocycles. The summed E-state index contributed by atoms with van der Waals surface area (Å²) in [6.45, 7) is 0. The number of hydrogen-bond acceptors (Lipinski definition) is 7. The van der Waals surface area contributed by atoms with E-state index in [0.29, 0.717) is 10.2 Å². The maximum atomic E-state index is 10.9. The fourth-order valence-corrected chi connectivity index (χ4v) is 1.79. The van der Waals surface area contributed by atoms with Crippen LogP contribution >= 0.6 is 15.9 Å². The predicted octanol–water partition coefficient (Wildman–Crippen LogP) is 2.03. The number of ether oxygens (including phenoxy) is 1. The van der Waals surface area contributed by atoms with Crippen molar-refractivity contribution >= 4 is 27.5 Å². The van der Waals surface area contributed by atoms with Gasteiger partial charge in [0.15, 0.2) is 11.5 Å². The van der Waals surface area contributed by atoms with Gasteiger partial charge in [0.25, 0.3) is 5.69 Å². The molecule has 2 aromatic heterocycles. The van der Waals surface area contributed by atoms with Crippen LogP contribution in [0.4, 0.5) is 5.69 Å². The molecule has 0 saturated carbocycles. The van der Waals surface area contributed by atoms with Crippen LogP contribution in [0.3, 0.4) is 0 Å². The summed E-state index contributed by atoms with van der Waals surface area (Å²) in [6.07, 6.45) is 3.01. The number of nitrogens with zero attached hydrogens (tertiary/aromatic N) is 4. The first-order valence-corrected chi connectivity index (χ1v) is 6.22. The van der Waals surface area contributed by atoms with Crippen molar-refractivity contribution in [2.45, 2.75) is 0 Å². The average molecular weight is 354 g/mol. The standard InChI is InChI=1S/C11H8BrN5O4/c12-6-3-7(5-14-4-6)21-9-2-1-8(17(19)20)10(15-9)11(13)16-18/h1-5,18H,(H2,13,16). The molecule has 108 valence electrons. The van der Waals surface area contributed by atoms with Gasteiger partial charge in [0, 0.05) is 22.8 Å². The predicted molar refractivity (Wildman–Crippen MR) is 75.4 cm³/mol. The highest BCUT2D eigenvalue weighted by molar-refractivity contribution is 9.10. The summed E-state index contributed by atoms with van der Waals surface area (Å²) < 4.78 is 6.10. The third-order valence-electron chi connectivity index (χ3n) is 2.30. The van der Waals surface area contributed by atoms with Gasteiger partial charge in [-0.25, -0.2) is 4.98 Å². The van der Waals surface area contributed by atoms with Crippen molar-refractivity contribution in [2.24, 2.45) is 10.9 Å². The average Bonchev–Trinajstić information content (AvgIpc) is 2.46. The quantitative estimate of drug-likeness (QED) is 0.282. The molecular weight excluding hydrogens is 346 g/mol. The summed E-state index contributed by atoms with van der Waals surface area (Å²) in [5.74, 6) is -0.0715. The van der Waals surface area contributed by atoms with Crippen LogP contribution in [-0.2, 0) is 0 Å². The van der Waals surface area contributed by atoms with Gasteiger partial charge < -0.3 is 15.7 Å². The van der Waals surface area contributed by atoms with Crippen molar-refractivity contribution in [2.75, 3.05) is 0 Å². The van der Waals surface area contributed by atoms with Crippen molar-refractivity contribution in [3.63, 3.8) is 0 Å². The molecule has 0 atom stereocenters. The lowest BCUT2D eigenvalue weighted by Crippen LogP contribution is -2.17. The zero-order valence-corrected chi connectivity index (χ0v) is 11.9. The molecule has 9 nitrogen and oxygen atoms in total. The second kappa shape index (κ2) is 6.13. The first kappa shape index (κ1) is 14.7. The monoisotopic (exact) mass is 353 g/mol. The zero-order chi connectivity index (χ0) is 15.4. The molecule has 0 aliphatic carbocycles. The van der Waals surface area contributed by atoms with Gasteiger partial charge in [-0.05, 0) is 22.0 Å². The number of hydrogen-bond donors (Lipinski definition) is 2. The van der Waals surface area contributed by atoms with E-state index in [1.54, 1.807) is 12.3 Å². The minimum atomic E-state index is -0.690. The highest BCUT2D eigenvalue weighted by Crippen LogP contribution is 2.25. The molecule has 2 rings (SSSR count). The van der Waals surface area contributed by atoms with E-state index in [1.807, 2.05) is 0 Å². The Morgan fingerprint density at radius 1 is 1.48 bits per heavy atom. The fraction of sp³-hybridized carbons (Fsp3) is 0. The molecule has 0 bridgehead atoms. The lowest BCUT2D eigenvalue weighted by molar-refractivity contribution is -0.385. The van der Waals surface area contributed by atoms with Crippen LogP contribution in [-0.4, -0.2) is 25.9 Å². The second-order valence-electron chi connectivity index (χ2n) is 3.70. The van der Waals surface area contributed by atoms with E-state index < -0.39 is 16.4 Å². The van der Waals surface area contributed by atoms with E-state index >= 15 is 0 Å². The van der Waals surface area contributed by atoms with Crippen molar-refractivity contribution in [3.05, 3.63) is 50.9 Å². The minimum Gasteiger partial charge on any atom is -0.437 e. The van der Waals surface area contributed by atoms with Crippen molar-refractivity contribution < 1.29 is 14.9 Å². The molecule has 0 spiro atoms. The first-order chi connectivity index (χ1) is 10.0. The van der Waals surface area contributed by atoms with Gasteiger partial charge >= 0.3 is 0 Å². The Bertz CT molecular complexity index is 722. The van der Waals surface area contributed by atoms with Crippen molar-refractivity contribution in [3.8, 4) is 11.6 Å². The largest absolute Gasteiger partial charge is 0.437 e. The van der Waals surface area contributed by atoms with E-state index in [4.69, 9.17) is 15.7 Å². The number of nitrogens with two attached hydrogens (primary N) is 1. The Hall–Kier alpha value is -2.75. The van der Waals surface area contributed by atoms with Crippen LogP contribution in [0, 0.1) is 10.1 Å². The third-order valence-corrected chi connectivity index (χ3v) is 2.73. The summed E-state index contributed by atoms with van der Waals surface area (Å²) >= 11 is 3.23. The molecule has 0 fully saturated rings. The molecule has 0 aromatic carbocycles. The van der Waals surface area contributed by atoms with E-state index in [9.17, 15) is 10.1 Å². The van der Waals surface area contributed by atoms with Crippen LogP contribution in [0.5, 0.6) is 11.6 Å². The number of oxime groups is 1. The number of rotatable bonds is 4. The van der Waals surface area contributed by atoms with Crippen LogP contribution in [0.15, 0.2) is 40.2 Å². The third kappa shape index (κ3) is 3.42. The van der Waals surface area contributed by atoms with E-state index in [-0.39, 0.29) is 11.6 Å². The first-order valence-electron chi connectivity index (χ1n) is 5.43. The minimum absolute atomic E-state index is 0.0436. The molecule has 2 aromatic rings. The summed E-state index contributed by atoms with van der Waals surface area (Å²) in [5, 5.41) is 22.2. The zero-order valence-electron chi connectivity index (χ0n) is 10.3. The van der Waals surface area contributed by atoms with Crippen LogP contribution in [0.25, 0.3) is 0 Å². The summed E-state index contributed by atoms with van der Waals surface area (Å²) in [7, 11) is 0.